The van der Waals surface area contributed by atoms with Crippen molar-refractivity contribution < 1.29 is 0 Å². The second kappa shape index (κ2) is 5.53. The Kier molecular flexibility index (Phi) is 4.26. The Morgan fingerprint density at radius 1 is 1.53 bits per heavy atom. The first-order valence-corrected chi connectivity index (χ1v) is 7.28. The van der Waals surface area contributed by atoms with E-state index in [0.29, 0.717) is 0 Å². The van der Waals surface area contributed by atoms with E-state index >= 15 is 0 Å². The van der Waals surface area contributed by atoms with Gasteiger partial charge in [-0.15, -0.1) is 0 Å². The molecule has 1 aromatic rings. The van der Waals surface area contributed by atoms with Crippen LogP contribution in [0, 0.1) is 12.8 Å². The number of aromatic nitrogens is 2. The van der Waals surface area contributed by atoms with Gasteiger partial charge in [0, 0.05) is 13.1 Å². The molecule has 1 aromatic heterocycles. The third-order valence-corrected chi connectivity index (χ3v) is 4.78. The number of halogens is 1. The van der Waals surface area contributed by atoms with Crippen LogP contribution in [0.4, 0.5) is 0 Å². The number of nitrogens with one attached hydrogen (secondary N) is 1. The molecule has 0 radical (unpaired) electrons. The second-order valence-electron chi connectivity index (χ2n) is 5.09. The molecule has 1 aliphatic carbocycles. The topological polar surface area (TPSA) is 29.9 Å². The van der Waals surface area contributed by atoms with Crippen LogP contribution < -0.4 is 5.32 Å². The summed E-state index contributed by atoms with van der Waals surface area (Å²) in [4.78, 5) is 0. The molecule has 0 spiro atoms. The fraction of sp³-hybridized carbons (Fsp3) is 0.769. The lowest BCUT2D eigenvalue weighted by molar-refractivity contribution is 0.453. The van der Waals surface area contributed by atoms with Crippen molar-refractivity contribution in [2.24, 2.45) is 13.0 Å². The van der Waals surface area contributed by atoms with Crippen molar-refractivity contribution in [2.45, 2.75) is 45.1 Å². The van der Waals surface area contributed by atoms with Crippen LogP contribution >= 0.6 is 15.9 Å². The minimum Gasteiger partial charge on any atom is -0.317 e. The zero-order valence-corrected chi connectivity index (χ0v) is 12.5. The van der Waals surface area contributed by atoms with Gasteiger partial charge in [-0.3, -0.25) is 4.68 Å². The first-order chi connectivity index (χ1) is 8.13. The second-order valence-corrected chi connectivity index (χ2v) is 5.89. The molecular formula is C13H22BrN3. The highest BCUT2D eigenvalue weighted by atomic mass is 79.9. The van der Waals surface area contributed by atoms with Crippen molar-refractivity contribution in [3.8, 4) is 0 Å². The fourth-order valence-corrected chi connectivity index (χ4v) is 3.09. The molecule has 1 N–H and O–H groups in total. The van der Waals surface area contributed by atoms with Crippen molar-refractivity contribution in [3.63, 3.8) is 0 Å². The highest BCUT2D eigenvalue weighted by Gasteiger charge is 2.29. The summed E-state index contributed by atoms with van der Waals surface area (Å²) in [6.07, 6.45) is 6.46. The Bertz CT molecular complexity index is 382. The molecule has 2 rings (SSSR count). The molecule has 1 heterocycles. The molecule has 1 atom stereocenters. The van der Waals surface area contributed by atoms with Gasteiger partial charge in [-0.05, 0) is 67.9 Å². The van der Waals surface area contributed by atoms with Crippen molar-refractivity contribution in [2.75, 3.05) is 7.05 Å². The predicted octanol–water partition coefficient (Wildman–Crippen LogP) is 2.81. The van der Waals surface area contributed by atoms with Gasteiger partial charge in [0.05, 0.1) is 15.9 Å². The predicted molar refractivity (Wildman–Crippen MR) is 74.2 cm³/mol. The Balaban J connectivity index is 1.84. The van der Waals surface area contributed by atoms with Crippen LogP contribution in [0.1, 0.15) is 37.1 Å². The Labute approximate surface area is 112 Å². The molecule has 4 heteroatoms. The van der Waals surface area contributed by atoms with Gasteiger partial charge in [0.25, 0.3) is 0 Å². The average Bonchev–Trinajstić information content (AvgIpc) is 3.08. The van der Waals surface area contributed by atoms with Crippen molar-refractivity contribution in [3.05, 3.63) is 15.9 Å². The van der Waals surface area contributed by atoms with E-state index < -0.39 is 0 Å². The third kappa shape index (κ3) is 3.10. The van der Waals surface area contributed by atoms with Crippen LogP contribution in [0.5, 0.6) is 0 Å². The van der Waals surface area contributed by atoms with Crippen LogP contribution in [-0.2, 0) is 13.5 Å². The average molecular weight is 300 g/mol. The standard InChI is InChI=1S/C13H22BrN3/c1-9-13(14)12(17(3)16-9)6-4-5-11(15-2)10-7-8-10/h10-11,15H,4-8H2,1-3H3. The summed E-state index contributed by atoms with van der Waals surface area (Å²) in [5.41, 5.74) is 2.42. The highest BCUT2D eigenvalue weighted by molar-refractivity contribution is 9.10. The third-order valence-electron chi connectivity index (χ3n) is 3.75. The summed E-state index contributed by atoms with van der Waals surface area (Å²) in [7, 11) is 4.12. The monoisotopic (exact) mass is 299 g/mol. The molecule has 0 aliphatic heterocycles. The molecule has 0 amide bonds. The van der Waals surface area contributed by atoms with Gasteiger partial charge in [0.2, 0.25) is 0 Å². The summed E-state index contributed by atoms with van der Waals surface area (Å²) in [5.74, 6) is 0.941. The smallest absolute Gasteiger partial charge is 0.0738 e. The molecule has 1 saturated carbocycles. The van der Waals surface area contributed by atoms with Crippen LogP contribution in [-0.4, -0.2) is 22.9 Å². The molecule has 0 bridgehead atoms. The first kappa shape index (κ1) is 13.1. The molecular weight excluding hydrogens is 278 g/mol. The molecule has 0 saturated heterocycles. The zero-order valence-electron chi connectivity index (χ0n) is 11.0. The van der Waals surface area contributed by atoms with Gasteiger partial charge in [0.15, 0.2) is 0 Å². The molecule has 3 nitrogen and oxygen atoms in total. The van der Waals surface area contributed by atoms with Crippen molar-refractivity contribution >= 4 is 15.9 Å². The molecule has 1 unspecified atom stereocenters. The lowest BCUT2D eigenvalue weighted by Crippen LogP contribution is -2.27. The van der Waals surface area contributed by atoms with E-state index in [-0.39, 0.29) is 0 Å². The maximum Gasteiger partial charge on any atom is 0.0738 e. The Morgan fingerprint density at radius 2 is 2.24 bits per heavy atom. The van der Waals surface area contributed by atoms with Gasteiger partial charge in [-0.2, -0.15) is 5.10 Å². The summed E-state index contributed by atoms with van der Waals surface area (Å²) < 4.78 is 3.19. The fourth-order valence-electron chi connectivity index (χ4n) is 2.56. The van der Waals surface area contributed by atoms with E-state index in [4.69, 9.17) is 0 Å². The van der Waals surface area contributed by atoms with E-state index in [9.17, 15) is 0 Å². The number of hydrogen-bond acceptors (Lipinski definition) is 2. The maximum absolute atomic E-state index is 4.43. The van der Waals surface area contributed by atoms with Crippen LogP contribution in [0.25, 0.3) is 0 Å². The summed E-state index contributed by atoms with van der Waals surface area (Å²) >= 11 is 3.63. The summed E-state index contributed by atoms with van der Waals surface area (Å²) in [5, 5.41) is 7.88. The van der Waals surface area contributed by atoms with E-state index in [2.05, 4.69) is 33.4 Å². The number of nitrogens with zero attached hydrogens (tertiary/aromatic N) is 2. The minimum absolute atomic E-state index is 0.725. The molecule has 1 aliphatic rings. The molecule has 0 aromatic carbocycles. The largest absolute Gasteiger partial charge is 0.317 e. The van der Waals surface area contributed by atoms with Gasteiger partial charge in [0.1, 0.15) is 0 Å². The lowest BCUT2D eigenvalue weighted by Gasteiger charge is -2.14. The molecule has 17 heavy (non-hydrogen) atoms. The van der Waals surface area contributed by atoms with Gasteiger partial charge < -0.3 is 5.32 Å². The van der Waals surface area contributed by atoms with Gasteiger partial charge in [-0.25, -0.2) is 0 Å². The SMILES string of the molecule is CNC(CCCc1c(Br)c(C)nn1C)C1CC1. The maximum atomic E-state index is 4.43. The highest BCUT2D eigenvalue weighted by Crippen LogP contribution is 2.34. The van der Waals surface area contributed by atoms with Gasteiger partial charge >= 0.3 is 0 Å². The normalized spacial score (nSPS) is 17.4. The quantitative estimate of drug-likeness (QED) is 0.875. The summed E-state index contributed by atoms with van der Waals surface area (Å²) in [6, 6.07) is 0.725. The lowest BCUT2D eigenvalue weighted by atomic mass is 10.0. The van der Waals surface area contributed by atoms with E-state index in [1.165, 1.54) is 35.8 Å². The van der Waals surface area contributed by atoms with Gasteiger partial charge in [-0.1, -0.05) is 0 Å². The van der Waals surface area contributed by atoms with E-state index in [1.807, 2.05) is 18.7 Å². The van der Waals surface area contributed by atoms with E-state index in [0.717, 1.165) is 24.1 Å². The van der Waals surface area contributed by atoms with Crippen LogP contribution in [0.3, 0.4) is 0 Å². The zero-order chi connectivity index (χ0) is 12.4. The number of hydrogen-bond donors (Lipinski definition) is 1. The van der Waals surface area contributed by atoms with Crippen molar-refractivity contribution in [1.29, 1.82) is 0 Å². The van der Waals surface area contributed by atoms with Crippen LogP contribution in [0.15, 0.2) is 4.47 Å². The number of rotatable bonds is 6. The number of aryl methyl sites for hydroxylation is 2. The summed E-state index contributed by atoms with van der Waals surface area (Å²) in [6.45, 7) is 2.05. The first-order valence-electron chi connectivity index (χ1n) is 6.48. The minimum atomic E-state index is 0.725. The Hall–Kier alpha value is -0.350. The molecule has 96 valence electrons. The van der Waals surface area contributed by atoms with E-state index in [1.54, 1.807) is 0 Å². The van der Waals surface area contributed by atoms with Crippen LogP contribution in [0.2, 0.25) is 0 Å². The van der Waals surface area contributed by atoms with Crippen molar-refractivity contribution in [1.82, 2.24) is 15.1 Å². The molecule has 1 fully saturated rings. The Morgan fingerprint density at radius 3 is 2.71 bits per heavy atom.